The van der Waals surface area contributed by atoms with Crippen molar-refractivity contribution in [2.75, 3.05) is 5.43 Å². The fraction of sp³-hybridized carbons (Fsp3) is 0.0588. The number of nitro benzene ring substituents is 1. The summed E-state index contributed by atoms with van der Waals surface area (Å²) in [5, 5.41) is 22.3. The third-order valence-electron chi connectivity index (χ3n) is 3.47. The van der Waals surface area contributed by atoms with Gasteiger partial charge >= 0.3 is 0 Å². The van der Waals surface area contributed by atoms with Crippen LogP contribution in [0.4, 0.5) is 11.6 Å². The first-order valence-corrected chi connectivity index (χ1v) is 7.65. The number of hydrogen-bond donors (Lipinski definition) is 2. The van der Waals surface area contributed by atoms with E-state index in [1.807, 2.05) is 30.3 Å². The number of nitrogens with one attached hydrogen (secondary N) is 2. The third kappa shape index (κ3) is 4.35. The Morgan fingerprint density at radius 1 is 1.12 bits per heavy atom. The van der Waals surface area contributed by atoms with Crippen molar-refractivity contribution in [1.82, 2.24) is 15.2 Å². The third-order valence-corrected chi connectivity index (χ3v) is 3.47. The monoisotopic (exact) mass is 350 g/mol. The molecule has 0 atom stereocenters. The lowest BCUT2D eigenvalue weighted by atomic mass is 10.1. The van der Waals surface area contributed by atoms with Crippen molar-refractivity contribution in [3.8, 4) is 0 Å². The first-order valence-electron chi connectivity index (χ1n) is 7.65. The Labute approximate surface area is 147 Å². The number of aromatic nitrogens is 3. The van der Waals surface area contributed by atoms with E-state index >= 15 is 0 Å². The number of nitro groups is 1. The van der Waals surface area contributed by atoms with Gasteiger partial charge in [-0.05, 0) is 23.3 Å². The van der Waals surface area contributed by atoms with Crippen LogP contribution in [0.1, 0.15) is 16.8 Å². The van der Waals surface area contributed by atoms with Gasteiger partial charge in [0.2, 0.25) is 5.95 Å². The van der Waals surface area contributed by atoms with Crippen molar-refractivity contribution in [3.05, 3.63) is 91.9 Å². The van der Waals surface area contributed by atoms with Crippen LogP contribution in [0.25, 0.3) is 0 Å². The Bertz CT molecular complexity index is 983. The maximum absolute atomic E-state index is 12.1. The molecule has 130 valence electrons. The standard InChI is InChI=1S/C17H14N6O3/c24-16-15(10-12-4-2-1-3-5-12)20-22-17(19-16)21-18-11-13-6-8-14(9-7-13)23(25)26/h1-9,11H,10H2,(H2,19,21,22,24)/b18-11+. The van der Waals surface area contributed by atoms with E-state index in [4.69, 9.17) is 0 Å². The summed E-state index contributed by atoms with van der Waals surface area (Å²) in [5.74, 6) is 0.102. The maximum Gasteiger partial charge on any atom is 0.274 e. The summed E-state index contributed by atoms with van der Waals surface area (Å²) in [5.41, 5.74) is 4.14. The van der Waals surface area contributed by atoms with Gasteiger partial charge in [0.15, 0.2) is 0 Å². The lowest BCUT2D eigenvalue weighted by Gasteiger charge is -2.01. The molecule has 0 radical (unpaired) electrons. The lowest BCUT2D eigenvalue weighted by Crippen LogP contribution is -2.18. The molecule has 0 amide bonds. The summed E-state index contributed by atoms with van der Waals surface area (Å²) in [7, 11) is 0. The summed E-state index contributed by atoms with van der Waals surface area (Å²) in [6, 6.07) is 15.3. The van der Waals surface area contributed by atoms with Crippen LogP contribution in [0.15, 0.2) is 64.5 Å². The second-order valence-electron chi connectivity index (χ2n) is 5.33. The number of non-ortho nitro benzene ring substituents is 1. The van der Waals surface area contributed by atoms with Gasteiger partial charge in [0.1, 0.15) is 5.69 Å². The minimum Gasteiger partial charge on any atom is -0.288 e. The Morgan fingerprint density at radius 3 is 2.50 bits per heavy atom. The van der Waals surface area contributed by atoms with Crippen LogP contribution in [0.2, 0.25) is 0 Å². The largest absolute Gasteiger partial charge is 0.288 e. The van der Waals surface area contributed by atoms with Gasteiger partial charge in [-0.25, -0.2) is 5.43 Å². The molecule has 3 rings (SSSR count). The number of hydrogen-bond acceptors (Lipinski definition) is 7. The van der Waals surface area contributed by atoms with Gasteiger partial charge in [-0.1, -0.05) is 30.3 Å². The molecular weight excluding hydrogens is 336 g/mol. The molecule has 2 aromatic carbocycles. The second kappa shape index (κ2) is 7.79. The number of hydrazone groups is 1. The molecule has 0 aliphatic rings. The summed E-state index contributed by atoms with van der Waals surface area (Å²) in [6.07, 6.45) is 1.83. The number of nitrogens with zero attached hydrogens (tertiary/aromatic N) is 4. The smallest absolute Gasteiger partial charge is 0.274 e. The van der Waals surface area contributed by atoms with Crippen molar-refractivity contribution >= 4 is 17.9 Å². The van der Waals surface area contributed by atoms with Crippen LogP contribution in [-0.4, -0.2) is 26.3 Å². The molecule has 9 nitrogen and oxygen atoms in total. The van der Waals surface area contributed by atoms with E-state index in [9.17, 15) is 14.9 Å². The highest BCUT2D eigenvalue weighted by Crippen LogP contribution is 2.10. The first-order chi connectivity index (χ1) is 12.6. The summed E-state index contributed by atoms with van der Waals surface area (Å²) in [6.45, 7) is 0. The summed E-state index contributed by atoms with van der Waals surface area (Å²) >= 11 is 0. The van der Waals surface area contributed by atoms with E-state index in [1.54, 1.807) is 12.1 Å². The summed E-state index contributed by atoms with van der Waals surface area (Å²) < 4.78 is 0. The quantitative estimate of drug-likeness (QED) is 0.398. The number of rotatable bonds is 6. The van der Waals surface area contributed by atoms with Crippen LogP contribution in [0.5, 0.6) is 0 Å². The van der Waals surface area contributed by atoms with E-state index < -0.39 is 4.92 Å². The van der Waals surface area contributed by atoms with Gasteiger partial charge in [-0.3, -0.25) is 19.9 Å². The van der Waals surface area contributed by atoms with Crippen molar-refractivity contribution in [2.45, 2.75) is 6.42 Å². The van der Waals surface area contributed by atoms with E-state index in [0.29, 0.717) is 17.7 Å². The molecule has 0 spiro atoms. The van der Waals surface area contributed by atoms with Gasteiger partial charge in [0.25, 0.3) is 11.2 Å². The topological polar surface area (TPSA) is 126 Å². The van der Waals surface area contributed by atoms with Crippen molar-refractivity contribution in [2.24, 2.45) is 5.10 Å². The zero-order valence-corrected chi connectivity index (χ0v) is 13.5. The molecule has 3 aromatic rings. The van der Waals surface area contributed by atoms with E-state index in [2.05, 4.69) is 25.7 Å². The zero-order valence-electron chi connectivity index (χ0n) is 13.5. The molecule has 0 bridgehead atoms. The fourth-order valence-electron chi connectivity index (χ4n) is 2.17. The van der Waals surface area contributed by atoms with Crippen molar-refractivity contribution < 1.29 is 4.92 Å². The zero-order chi connectivity index (χ0) is 18.4. The predicted molar refractivity (Wildman–Crippen MR) is 96.2 cm³/mol. The fourth-order valence-corrected chi connectivity index (χ4v) is 2.17. The molecule has 0 aliphatic carbocycles. The van der Waals surface area contributed by atoms with Crippen molar-refractivity contribution in [3.63, 3.8) is 0 Å². The first kappa shape index (κ1) is 17.0. The molecule has 0 fully saturated rings. The van der Waals surface area contributed by atoms with E-state index in [-0.39, 0.29) is 17.2 Å². The van der Waals surface area contributed by atoms with Crippen LogP contribution >= 0.6 is 0 Å². The van der Waals surface area contributed by atoms with Crippen molar-refractivity contribution in [1.29, 1.82) is 0 Å². The highest BCUT2D eigenvalue weighted by atomic mass is 16.6. The molecule has 0 saturated carbocycles. The molecule has 1 heterocycles. The molecular formula is C17H14N6O3. The Balaban J connectivity index is 1.64. The van der Waals surface area contributed by atoms with E-state index in [1.165, 1.54) is 18.3 Å². The van der Waals surface area contributed by atoms with Gasteiger partial charge in [0, 0.05) is 18.6 Å². The highest BCUT2D eigenvalue weighted by Gasteiger charge is 2.06. The Kier molecular flexibility index (Phi) is 5.08. The SMILES string of the molecule is O=c1[nH]c(N/N=C/c2ccc([N+](=O)[O-])cc2)nnc1Cc1ccccc1. The van der Waals surface area contributed by atoms with Gasteiger partial charge in [0.05, 0.1) is 11.1 Å². The lowest BCUT2D eigenvalue weighted by molar-refractivity contribution is -0.384. The molecule has 9 heteroatoms. The number of anilines is 1. The number of benzene rings is 2. The molecule has 0 saturated heterocycles. The van der Waals surface area contributed by atoms with Gasteiger partial charge < -0.3 is 0 Å². The maximum atomic E-state index is 12.1. The molecule has 0 aliphatic heterocycles. The summed E-state index contributed by atoms with van der Waals surface area (Å²) in [4.78, 5) is 24.7. The average molecular weight is 350 g/mol. The normalized spacial score (nSPS) is 10.8. The van der Waals surface area contributed by atoms with Crippen LogP contribution in [0.3, 0.4) is 0 Å². The number of aromatic amines is 1. The average Bonchev–Trinajstić information content (AvgIpc) is 2.65. The van der Waals surface area contributed by atoms with Gasteiger partial charge in [-0.15, -0.1) is 10.2 Å². The number of H-pyrrole nitrogens is 1. The molecule has 26 heavy (non-hydrogen) atoms. The molecule has 0 unspecified atom stereocenters. The van der Waals surface area contributed by atoms with Gasteiger partial charge in [-0.2, -0.15) is 5.10 Å². The predicted octanol–water partition coefficient (Wildman–Crippen LogP) is 2.11. The van der Waals surface area contributed by atoms with E-state index in [0.717, 1.165) is 5.56 Å². The van der Waals surface area contributed by atoms with Crippen LogP contribution < -0.4 is 11.0 Å². The molecule has 2 N–H and O–H groups in total. The highest BCUT2D eigenvalue weighted by molar-refractivity contribution is 5.80. The minimum absolute atomic E-state index is 0.000638. The second-order valence-corrected chi connectivity index (χ2v) is 5.33. The minimum atomic E-state index is -0.476. The Morgan fingerprint density at radius 2 is 1.85 bits per heavy atom. The van der Waals surface area contributed by atoms with Crippen LogP contribution in [-0.2, 0) is 6.42 Å². The molecule has 1 aromatic heterocycles. The van der Waals surface area contributed by atoms with Crippen LogP contribution in [0, 0.1) is 10.1 Å². The Hall–Kier alpha value is -3.88.